The minimum absolute atomic E-state index is 0.0380. The van der Waals surface area contributed by atoms with Gasteiger partial charge in [-0.3, -0.25) is 0 Å². The van der Waals surface area contributed by atoms with Gasteiger partial charge >= 0.3 is 0 Å². The Morgan fingerprint density at radius 3 is 1.31 bits per heavy atom. The third-order valence-corrected chi connectivity index (χ3v) is 7.69. The molecular weight excluding hydrogens is 412 g/mol. The Kier molecular flexibility index (Phi) is 29.5. The molecule has 0 aromatic carbocycles. The lowest BCUT2D eigenvalue weighted by Gasteiger charge is -2.15. The van der Waals surface area contributed by atoms with Crippen molar-refractivity contribution in [1.29, 1.82) is 0 Å². The molecule has 0 saturated heterocycles. The van der Waals surface area contributed by atoms with Gasteiger partial charge in [-0.25, -0.2) is 0 Å². The highest BCUT2D eigenvalue weighted by molar-refractivity contribution is 7.99. The van der Waals surface area contributed by atoms with E-state index in [0.717, 1.165) is 18.8 Å². The fourth-order valence-electron chi connectivity index (χ4n) is 4.25. The Bertz CT molecular complexity index is 324. The Balaban J connectivity index is 3.25. The van der Waals surface area contributed by atoms with Crippen LogP contribution in [0.25, 0.3) is 0 Å². The highest BCUT2D eigenvalue weighted by Gasteiger charge is 2.07. The van der Waals surface area contributed by atoms with Crippen molar-refractivity contribution < 1.29 is 9.84 Å². The van der Waals surface area contributed by atoms with Crippen LogP contribution in [0.5, 0.6) is 0 Å². The molecule has 0 radical (unpaired) electrons. The Labute approximate surface area is 207 Å². The molecule has 1 unspecified atom stereocenters. The van der Waals surface area contributed by atoms with E-state index in [1.165, 1.54) is 141 Å². The van der Waals surface area contributed by atoms with E-state index in [0.29, 0.717) is 0 Å². The summed E-state index contributed by atoms with van der Waals surface area (Å²) in [6, 6.07) is 0. The number of aliphatic hydroxyl groups excluding tert-OH is 1. The van der Waals surface area contributed by atoms with Crippen LogP contribution in [0, 0.1) is 0 Å². The molecule has 2 nitrogen and oxygen atoms in total. The Morgan fingerprint density at radius 2 is 0.906 bits per heavy atom. The second kappa shape index (κ2) is 29.3. The van der Waals surface area contributed by atoms with Crippen LogP contribution in [0.1, 0.15) is 155 Å². The van der Waals surface area contributed by atoms with Crippen molar-refractivity contribution in [2.24, 2.45) is 0 Å². The topological polar surface area (TPSA) is 29.5 Å². The first-order chi connectivity index (χ1) is 15.8. The van der Waals surface area contributed by atoms with Crippen LogP contribution in [0.15, 0.2) is 0 Å². The molecule has 0 spiro atoms. The number of aliphatic hydroxyl groups is 1. The first-order valence-corrected chi connectivity index (χ1v) is 15.8. The van der Waals surface area contributed by atoms with Gasteiger partial charge in [0.1, 0.15) is 0 Å². The first kappa shape index (κ1) is 32.3. The molecule has 0 aliphatic rings. The van der Waals surface area contributed by atoms with Crippen LogP contribution in [0.3, 0.4) is 0 Å². The van der Waals surface area contributed by atoms with Crippen molar-refractivity contribution in [1.82, 2.24) is 0 Å². The molecule has 0 aromatic heterocycles. The number of thioether (sulfide) groups is 1. The van der Waals surface area contributed by atoms with E-state index in [9.17, 15) is 5.11 Å². The molecule has 0 amide bonds. The van der Waals surface area contributed by atoms with Gasteiger partial charge in [0.2, 0.25) is 0 Å². The standard InChI is InChI=1S/C29H60O2S/c1-3-5-7-9-11-13-14-15-16-17-18-19-21-23-25-31-29(27-30)28-32-26-24-22-20-12-10-8-6-4-2/h29-30H,3-28H2,1-2H3. The molecule has 0 aromatic rings. The smallest absolute Gasteiger partial charge is 0.0895 e. The van der Waals surface area contributed by atoms with Crippen LogP contribution in [0.2, 0.25) is 0 Å². The number of unbranched alkanes of at least 4 members (excludes halogenated alkanes) is 20. The van der Waals surface area contributed by atoms with Crippen LogP contribution >= 0.6 is 11.8 Å². The average Bonchev–Trinajstić information content (AvgIpc) is 2.81. The summed E-state index contributed by atoms with van der Waals surface area (Å²) in [4.78, 5) is 0. The van der Waals surface area contributed by atoms with E-state index >= 15 is 0 Å². The van der Waals surface area contributed by atoms with E-state index in [-0.39, 0.29) is 12.7 Å². The Morgan fingerprint density at radius 1 is 0.531 bits per heavy atom. The molecule has 1 N–H and O–H groups in total. The van der Waals surface area contributed by atoms with Gasteiger partial charge in [-0.2, -0.15) is 11.8 Å². The molecule has 0 aliphatic heterocycles. The third kappa shape index (κ3) is 26.5. The normalized spacial score (nSPS) is 12.5. The van der Waals surface area contributed by atoms with Gasteiger partial charge in [0, 0.05) is 12.4 Å². The number of ether oxygens (including phenoxy) is 1. The SMILES string of the molecule is CCCCCCCCCCCCCCCCOC(CO)CSCCCCCCCCCC. The largest absolute Gasteiger partial charge is 0.394 e. The highest BCUT2D eigenvalue weighted by Crippen LogP contribution is 2.15. The number of rotatable bonds is 28. The zero-order valence-corrected chi connectivity index (χ0v) is 23.0. The van der Waals surface area contributed by atoms with Crippen molar-refractivity contribution >= 4 is 11.8 Å². The predicted molar refractivity (Wildman–Crippen MR) is 147 cm³/mol. The quantitative estimate of drug-likeness (QED) is 0.115. The highest BCUT2D eigenvalue weighted by atomic mass is 32.2. The molecule has 0 saturated carbocycles. The average molecular weight is 473 g/mol. The fraction of sp³-hybridized carbons (Fsp3) is 1.00. The summed E-state index contributed by atoms with van der Waals surface area (Å²) in [7, 11) is 0. The molecule has 194 valence electrons. The maximum absolute atomic E-state index is 9.55. The van der Waals surface area contributed by atoms with Crippen molar-refractivity contribution in [3.8, 4) is 0 Å². The lowest BCUT2D eigenvalue weighted by molar-refractivity contribution is 0.0260. The van der Waals surface area contributed by atoms with Gasteiger partial charge in [0.05, 0.1) is 12.7 Å². The molecule has 3 heteroatoms. The van der Waals surface area contributed by atoms with Gasteiger partial charge in [-0.15, -0.1) is 0 Å². The maximum atomic E-state index is 9.55. The molecule has 0 rings (SSSR count). The van der Waals surface area contributed by atoms with Crippen molar-refractivity contribution in [3.63, 3.8) is 0 Å². The summed E-state index contributed by atoms with van der Waals surface area (Å²) >= 11 is 1.96. The molecule has 0 aliphatic carbocycles. The minimum atomic E-state index is 0.0380. The molecular formula is C29H60O2S. The van der Waals surface area contributed by atoms with Gasteiger partial charge in [0.25, 0.3) is 0 Å². The van der Waals surface area contributed by atoms with Gasteiger partial charge in [-0.05, 0) is 18.6 Å². The summed E-state index contributed by atoms with van der Waals surface area (Å²) in [5.74, 6) is 2.17. The van der Waals surface area contributed by atoms with E-state index in [1.54, 1.807) is 0 Å². The predicted octanol–water partition coefficient (Wildman–Crippen LogP) is 9.72. The molecule has 0 fully saturated rings. The molecule has 0 bridgehead atoms. The Hall–Kier alpha value is 0.270. The molecule has 1 atom stereocenters. The summed E-state index contributed by atoms with van der Waals surface area (Å²) in [5.41, 5.74) is 0. The van der Waals surface area contributed by atoms with Crippen molar-refractivity contribution in [2.75, 3.05) is 24.7 Å². The summed E-state index contributed by atoms with van der Waals surface area (Å²) in [6.07, 6.45) is 30.5. The van der Waals surface area contributed by atoms with E-state index in [4.69, 9.17) is 4.74 Å². The summed E-state index contributed by atoms with van der Waals surface area (Å²) < 4.78 is 5.91. The summed E-state index contributed by atoms with van der Waals surface area (Å²) in [6.45, 7) is 5.56. The van der Waals surface area contributed by atoms with E-state index in [2.05, 4.69) is 13.8 Å². The second-order valence-electron chi connectivity index (χ2n) is 9.82. The third-order valence-electron chi connectivity index (χ3n) is 6.50. The number of hydrogen-bond donors (Lipinski definition) is 1. The molecule has 32 heavy (non-hydrogen) atoms. The van der Waals surface area contributed by atoms with Gasteiger partial charge in [0.15, 0.2) is 0 Å². The molecule has 0 heterocycles. The van der Waals surface area contributed by atoms with Crippen LogP contribution in [-0.2, 0) is 4.74 Å². The zero-order chi connectivity index (χ0) is 23.4. The monoisotopic (exact) mass is 472 g/mol. The van der Waals surface area contributed by atoms with Crippen molar-refractivity contribution in [2.45, 2.75) is 161 Å². The second-order valence-corrected chi connectivity index (χ2v) is 11.0. The lowest BCUT2D eigenvalue weighted by atomic mass is 10.0. The number of hydrogen-bond acceptors (Lipinski definition) is 3. The first-order valence-electron chi connectivity index (χ1n) is 14.6. The van der Waals surface area contributed by atoms with E-state index < -0.39 is 0 Å². The fourth-order valence-corrected chi connectivity index (χ4v) is 5.29. The zero-order valence-electron chi connectivity index (χ0n) is 22.2. The van der Waals surface area contributed by atoms with E-state index in [1.807, 2.05) is 11.8 Å². The van der Waals surface area contributed by atoms with Gasteiger partial charge < -0.3 is 9.84 Å². The van der Waals surface area contributed by atoms with Crippen LogP contribution in [-0.4, -0.2) is 35.9 Å². The summed E-state index contributed by atoms with van der Waals surface area (Å²) in [5, 5.41) is 9.55. The minimum Gasteiger partial charge on any atom is -0.394 e. The van der Waals surface area contributed by atoms with Crippen LogP contribution < -0.4 is 0 Å². The lowest BCUT2D eigenvalue weighted by Crippen LogP contribution is -2.21. The maximum Gasteiger partial charge on any atom is 0.0895 e. The van der Waals surface area contributed by atoms with Crippen molar-refractivity contribution in [3.05, 3.63) is 0 Å². The van der Waals surface area contributed by atoms with Crippen LogP contribution in [0.4, 0.5) is 0 Å². The van der Waals surface area contributed by atoms with Gasteiger partial charge in [-0.1, -0.05) is 142 Å².